The van der Waals surface area contributed by atoms with Crippen LogP contribution in [0.3, 0.4) is 0 Å². The molecule has 1 saturated carbocycles. The van der Waals surface area contributed by atoms with Gasteiger partial charge in [-0.25, -0.2) is 0 Å². The molecule has 4 atom stereocenters. The normalized spacial score (nSPS) is 25.1. The maximum absolute atomic E-state index is 12.2. The van der Waals surface area contributed by atoms with E-state index in [1.807, 2.05) is 6.92 Å². The Hall–Kier alpha value is -1.40. The topological polar surface area (TPSA) is 56.7 Å². The maximum Gasteiger partial charge on any atom is 0.191 e. The van der Waals surface area contributed by atoms with Crippen LogP contribution in [0, 0.1) is 0 Å². The summed E-state index contributed by atoms with van der Waals surface area (Å²) in [6.07, 6.45) is 5.50. The SMILES string of the molecule is CCNC(=NCC(C)N1CCc2ccccc2C1)NC1CCCC(S(=O)CC)C1. The molecule has 0 amide bonds. The number of fused-ring (bicyclic) bond motifs is 1. The molecule has 2 N–H and O–H groups in total. The Kier molecular flexibility index (Phi) is 8.54. The van der Waals surface area contributed by atoms with Crippen LogP contribution in [-0.4, -0.2) is 57.8 Å². The number of benzene rings is 1. The highest BCUT2D eigenvalue weighted by molar-refractivity contribution is 7.85. The standard InChI is InChI=1S/C23H38N4OS/c1-4-24-23(26-21-11-8-12-22(15-21)29(28)5-2)25-16-18(3)27-14-13-19-9-6-7-10-20(19)17-27/h6-7,9-10,18,21-22H,4-5,8,11-17H2,1-3H3,(H2,24,25,26). The summed E-state index contributed by atoms with van der Waals surface area (Å²) in [6, 6.07) is 9.57. The lowest BCUT2D eigenvalue weighted by atomic mass is 9.95. The molecule has 29 heavy (non-hydrogen) atoms. The van der Waals surface area contributed by atoms with Crippen molar-refractivity contribution in [1.29, 1.82) is 0 Å². The molecule has 3 rings (SSSR count). The van der Waals surface area contributed by atoms with E-state index in [0.717, 1.165) is 70.0 Å². The predicted molar refractivity (Wildman–Crippen MR) is 124 cm³/mol. The van der Waals surface area contributed by atoms with Crippen molar-refractivity contribution in [2.75, 3.05) is 25.4 Å². The Morgan fingerprint density at radius 3 is 2.83 bits per heavy atom. The molecule has 0 spiro atoms. The molecule has 1 aromatic carbocycles. The van der Waals surface area contributed by atoms with E-state index in [1.165, 1.54) is 11.1 Å². The van der Waals surface area contributed by atoms with Gasteiger partial charge in [-0.3, -0.25) is 14.1 Å². The van der Waals surface area contributed by atoms with E-state index < -0.39 is 10.8 Å². The lowest BCUT2D eigenvalue weighted by Crippen LogP contribution is -2.47. The number of nitrogens with one attached hydrogen (secondary N) is 2. The van der Waals surface area contributed by atoms with Crippen LogP contribution in [0.1, 0.15) is 57.6 Å². The van der Waals surface area contributed by atoms with Gasteiger partial charge in [-0.1, -0.05) is 37.6 Å². The van der Waals surface area contributed by atoms with Crippen molar-refractivity contribution < 1.29 is 4.21 Å². The van der Waals surface area contributed by atoms with Gasteiger partial charge in [-0.2, -0.15) is 0 Å². The number of guanidine groups is 1. The average Bonchev–Trinajstić information content (AvgIpc) is 2.76. The van der Waals surface area contributed by atoms with Crippen molar-refractivity contribution in [2.45, 2.75) is 76.8 Å². The average molecular weight is 419 g/mol. The third-order valence-corrected chi connectivity index (χ3v) is 8.01. The van der Waals surface area contributed by atoms with Gasteiger partial charge in [-0.05, 0) is 50.7 Å². The third-order valence-electron chi connectivity index (χ3n) is 6.26. The van der Waals surface area contributed by atoms with Crippen LogP contribution in [0.15, 0.2) is 29.3 Å². The second kappa shape index (κ2) is 11.1. The summed E-state index contributed by atoms with van der Waals surface area (Å²) in [6.45, 7) is 10.2. The van der Waals surface area contributed by atoms with Gasteiger partial charge in [0.25, 0.3) is 0 Å². The highest BCUT2D eigenvalue weighted by Gasteiger charge is 2.26. The molecule has 1 aromatic rings. The van der Waals surface area contributed by atoms with Crippen molar-refractivity contribution >= 4 is 16.8 Å². The Bertz CT molecular complexity index is 708. The number of hydrogen-bond donors (Lipinski definition) is 2. The number of nitrogens with zero attached hydrogens (tertiary/aromatic N) is 2. The van der Waals surface area contributed by atoms with Crippen LogP contribution in [0.2, 0.25) is 0 Å². The fourth-order valence-corrected chi connectivity index (χ4v) is 5.84. The minimum Gasteiger partial charge on any atom is -0.357 e. The van der Waals surface area contributed by atoms with Gasteiger partial charge in [0.2, 0.25) is 0 Å². The minimum atomic E-state index is -0.692. The van der Waals surface area contributed by atoms with E-state index in [0.29, 0.717) is 17.3 Å². The van der Waals surface area contributed by atoms with Gasteiger partial charge in [0, 0.05) is 53.5 Å². The summed E-state index contributed by atoms with van der Waals surface area (Å²) in [4.78, 5) is 7.44. The van der Waals surface area contributed by atoms with Crippen molar-refractivity contribution in [1.82, 2.24) is 15.5 Å². The summed E-state index contributed by atoms with van der Waals surface area (Å²) in [7, 11) is -0.692. The minimum absolute atomic E-state index is 0.335. The Morgan fingerprint density at radius 1 is 1.28 bits per heavy atom. The van der Waals surface area contributed by atoms with Gasteiger partial charge in [0.05, 0.1) is 6.54 Å². The molecule has 162 valence electrons. The zero-order chi connectivity index (χ0) is 20.6. The first-order chi connectivity index (χ1) is 14.1. The third kappa shape index (κ3) is 6.29. The summed E-state index contributed by atoms with van der Waals surface area (Å²) in [5.41, 5.74) is 2.95. The van der Waals surface area contributed by atoms with E-state index in [-0.39, 0.29) is 0 Å². The van der Waals surface area contributed by atoms with Crippen molar-refractivity contribution in [3.63, 3.8) is 0 Å². The first-order valence-electron chi connectivity index (χ1n) is 11.3. The molecule has 2 aliphatic rings. The van der Waals surface area contributed by atoms with Crippen molar-refractivity contribution in [2.24, 2.45) is 4.99 Å². The monoisotopic (exact) mass is 418 g/mol. The molecule has 0 saturated heterocycles. The fourth-order valence-electron chi connectivity index (χ4n) is 4.50. The molecule has 4 unspecified atom stereocenters. The Morgan fingerprint density at radius 2 is 2.07 bits per heavy atom. The molecule has 0 aromatic heterocycles. The van der Waals surface area contributed by atoms with Gasteiger partial charge in [0.15, 0.2) is 5.96 Å². The first kappa shape index (κ1) is 22.3. The van der Waals surface area contributed by atoms with Crippen LogP contribution in [0.25, 0.3) is 0 Å². The summed E-state index contributed by atoms with van der Waals surface area (Å²) in [5.74, 6) is 1.67. The molecule has 0 bridgehead atoms. The predicted octanol–water partition coefficient (Wildman–Crippen LogP) is 3.07. The summed E-state index contributed by atoms with van der Waals surface area (Å²) >= 11 is 0. The second-order valence-corrected chi connectivity index (χ2v) is 10.4. The van der Waals surface area contributed by atoms with Gasteiger partial charge in [0.1, 0.15) is 0 Å². The van der Waals surface area contributed by atoms with E-state index >= 15 is 0 Å². The van der Waals surface area contributed by atoms with Crippen molar-refractivity contribution in [3.8, 4) is 0 Å². The molecule has 6 heteroatoms. The Balaban J connectivity index is 1.55. The van der Waals surface area contributed by atoms with E-state index in [9.17, 15) is 4.21 Å². The van der Waals surface area contributed by atoms with Gasteiger partial charge < -0.3 is 10.6 Å². The molecule has 1 aliphatic carbocycles. The van der Waals surface area contributed by atoms with E-state index in [1.54, 1.807) is 0 Å². The Labute approximate surface area is 179 Å². The molecular formula is C23H38N4OS. The largest absolute Gasteiger partial charge is 0.357 e. The van der Waals surface area contributed by atoms with Gasteiger partial charge in [-0.15, -0.1) is 0 Å². The molecule has 1 heterocycles. The zero-order valence-electron chi connectivity index (χ0n) is 18.3. The van der Waals surface area contributed by atoms with Crippen LogP contribution >= 0.6 is 0 Å². The van der Waals surface area contributed by atoms with Crippen LogP contribution in [0.5, 0.6) is 0 Å². The van der Waals surface area contributed by atoms with Crippen molar-refractivity contribution in [3.05, 3.63) is 35.4 Å². The number of aliphatic imine (C=N–C) groups is 1. The summed E-state index contributed by atoms with van der Waals surface area (Å²) < 4.78 is 12.2. The quantitative estimate of drug-likeness (QED) is 0.528. The molecule has 0 radical (unpaired) electrons. The first-order valence-corrected chi connectivity index (χ1v) is 12.7. The number of hydrogen-bond acceptors (Lipinski definition) is 3. The summed E-state index contributed by atoms with van der Waals surface area (Å²) in [5, 5.41) is 7.37. The van der Waals surface area contributed by atoms with Crippen LogP contribution in [-0.2, 0) is 23.8 Å². The lowest BCUT2D eigenvalue weighted by Gasteiger charge is -2.33. The fraction of sp³-hybridized carbons (Fsp3) is 0.696. The van der Waals surface area contributed by atoms with Crippen LogP contribution < -0.4 is 10.6 Å². The highest BCUT2D eigenvalue weighted by atomic mass is 32.2. The maximum atomic E-state index is 12.2. The second-order valence-electron chi connectivity index (χ2n) is 8.36. The molecule has 1 aliphatic heterocycles. The van der Waals surface area contributed by atoms with E-state index in [4.69, 9.17) is 4.99 Å². The number of rotatable bonds is 7. The molecular weight excluding hydrogens is 380 g/mol. The molecule has 1 fully saturated rings. The zero-order valence-corrected chi connectivity index (χ0v) is 19.1. The molecule has 5 nitrogen and oxygen atoms in total. The highest BCUT2D eigenvalue weighted by Crippen LogP contribution is 2.23. The smallest absolute Gasteiger partial charge is 0.191 e. The van der Waals surface area contributed by atoms with Gasteiger partial charge >= 0.3 is 0 Å². The lowest BCUT2D eigenvalue weighted by molar-refractivity contribution is 0.195. The van der Waals surface area contributed by atoms with Crippen LogP contribution in [0.4, 0.5) is 0 Å². The van der Waals surface area contributed by atoms with E-state index in [2.05, 4.69) is 53.6 Å².